The van der Waals surface area contributed by atoms with E-state index in [-0.39, 0.29) is 11.0 Å². The Kier molecular flexibility index (Phi) is 5.56. The van der Waals surface area contributed by atoms with Crippen LogP contribution in [0.3, 0.4) is 0 Å². The normalized spacial score (nSPS) is 14.4. The van der Waals surface area contributed by atoms with Gasteiger partial charge in [-0.15, -0.1) is 0 Å². The molecule has 2 nitrogen and oxygen atoms in total. The molecule has 1 aromatic rings. The Morgan fingerprint density at radius 3 is 2.56 bits per heavy atom. The molecule has 0 spiro atoms. The van der Waals surface area contributed by atoms with Crippen LogP contribution in [-0.2, 0) is 4.79 Å². The number of carbonyl (C=O) groups excluding carboxylic acids is 1. The Balaban J connectivity index is 2.52. The molecule has 0 aliphatic carbocycles. The minimum Gasteiger partial charge on any atom is -0.392 e. The van der Waals surface area contributed by atoms with Crippen LogP contribution >= 0.6 is 11.8 Å². The zero-order valence-corrected chi connectivity index (χ0v) is 10.5. The van der Waals surface area contributed by atoms with Gasteiger partial charge in [-0.05, 0) is 18.6 Å². The molecule has 3 heteroatoms. The Labute approximate surface area is 101 Å². The third kappa shape index (κ3) is 3.99. The molecule has 88 valence electrons. The fourth-order valence-electron chi connectivity index (χ4n) is 1.40. The molecule has 2 atom stereocenters. The number of hydrogen-bond donors (Lipinski definition) is 1. The van der Waals surface area contributed by atoms with Crippen molar-refractivity contribution in [2.75, 3.05) is 0 Å². The molecule has 1 rings (SSSR count). The van der Waals surface area contributed by atoms with E-state index in [1.807, 2.05) is 37.3 Å². The third-order valence-corrected chi connectivity index (χ3v) is 3.58. The second kappa shape index (κ2) is 6.71. The molecule has 1 N–H and O–H groups in total. The van der Waals surface area contributed by atoms with Crippen LogP contribution in [0.1, 0.15) is 26.7 Å². The lowest BCUT2D eigenvalue weighted by atomic mass is 10.0. The van der Waals surface area contributed by atoms with E-state index in [4.69, 9.17) is 0 Å². The van der Waals surface area contributed by atoms with E-state index in [0.29, 0.717) is 6.42 Å². The van der Waals surface area contributed by atoms with Gasteiger partial charge in [0.2, 0.25) is 0 Å². The third-order valence-electron chi connectivity index (χ3n) is 2.50. The van der Waals surface area contributed by atoms with Gasteiger partial charge in [0.05, 0.1) is 12.0 Å². The van der Waals surface area contributed by atoms with E-state index >= 15 is 0 Å². The second-order valence-electron chi connectivity index (χ2n) is 3.88. The molecule has 0 saturated carbocycles. The monoisotopic (exact) mass is 238 g/mol. The Morgan fingerprint density at radius 1 is 1.38 bits per heavy atom. The summed E-state index contributed by atoms with van der Waals surface area (Å²) >= 11 is 1.21. The maximum atomic E-state index is 11.8. The van der Waals surface area contributed by atoms with E-state index in [1.54, 1.807) is 6.92 Å². The molecule has 0 heterocycles. The number of benzene rings is 1. The van der Waals surface area contributed by atoms with E-state index in [2.05, 4.69) is 0 Å². The molecule has 0 fully saturated rings. The zero-order chi connectivity index (χ0) is 12.0. The predicted molar refractivity (Wildman–Crippen MR) is 67.4 cm³/mol. The van der Waals surface area contributed by atoms with Gasteiger partial charge in [-0.2, -0.15) is 0 Å². The molecule has 0 unspecified atom stereocenters. The summed E-state index contributed by atoms with van der Waals surface area (Å²) in [5, 5.41) is 9.77. The number of hydrogen-bond acceptors (Lipinski definition) is 3. The van der Waals surface area contributed by atoms with Crippen LogP contribution in [0.4, 0.5) is 0 Å². The largest absolute Gasteiger partial charge is 0.392 e. The van der Waals surface area contributed by atoms with Crippen LogP contribution < -0.4 is 0 Å². The second-order valence-corrected chi connectivity index (χ2v) is 4.96. The van der Waals surface area contributed by atoms with Gasteiger partial charge >= 0.3 is 0 Å². The van der Waals surface area contributed by atoms with Gasteiger partial charge < -0.3 is 5.11 Å². The van der Waals surface area contributed by atoms with Crippen LogP contribution in [0.5, 0.6) is 0 Å². The molecule has 0 amide bonds. The van der Waals surface area contributed by atoms with Gasteiger partial charge in [0.15, 0.2) is 5.12 Å². The molecule has 0 saturated heterocycles. The lowest BCUT2D eigenvalue weighted by molar-refractivity contribution is -0.117. The average Bonchev–Trinajstić information content (AvgIpc) is 2.29. The van der Waals surface area contributed by atoms with Crippen LogP contribution in [0, 0.1) is 5.92 Å². The van der Waals surface area contributed by atoms with Crippen molar-refractivity contribution in [3.05, 3.63) is 30.3 Å². The maximum absolute atomic E-state index is 11.8. The summed E-state index contributed by atoms with van der Waals surface area (Å²) in [6.45, 7) is 3.79. The predicted octanol–water partition coefficient (Wildman–Crippen LogP) is 3.10. The number of rotatable bonds is 5. The van der Waals surface area contributed by atoms with Crippen molar-refractivity contribution < 1.29 is 9.90 Å². The summed E-state index contributed by atoms with van der Waals surface area (Å²) in [5.74, 6) is -0.301. The molecular weight excluding hydrogens is 220 g/mol. The number of aliphatic hydroxyl groups is 1. The average molecular weight is 238 g/mol. The first-order valence-corrected chi connectivity index (χ1v) is 6.41. The summed E-state index contributed by atoms with van der Waals surface area (Å²) in [7, 11) is 0. The van der Waals surface area contributed by atoms with Crippen molar-refractivity contribution in [1.82, 2.24) is 0 Å². The molecular formula is C13H18O2S. The highest BCUT2D eigenvalue weighted by Crippen LogP contribution is 2.24. The van der Waals surface area contributed by atoms with Gasteiger partial charge in [0, 0.05) is 4.90 Å². The maximum Gasteiger partial charge on any atom is 0.199 e. The molecule has 16 heavy (non-hydrogen) atoms. The van der Waals surface area contributed by atoms with Crippen molar-refractivity contribution in [2.24, 2.45) is 5.92 Å². The molecule has 0 aliphatic rings. The fourth-order valence-corrected chi connectivity index (χ4v) is 2.27. The van der Waals surface area contributed by atoms with Crippen molar-refractivity contribution in [1.29, 1.82) is 0 Å². The van der Waals surface area contributed by atoms with Crippen LogP contribution in [0.25, 0.3) is 0 Å². The van der Waals surface area contributed by atoms with Crippen molar-refractivity contribution in [2.45, 2.75) is 37.7 Å². The smallest absolute Gasteiger partial charge is 0.199 e. The lowest BCUT2D eigenvalue weighted by Gasteiger charge is -2.16. The lowest BCUT2D eigenvalue weighted by Crippen LogP contribution is -2.23. The summed E-state index contributed by atoms with van der Waals surface area (Å²) < 4.78 is 0. The van der Waals surface area contributed by atoms with Gasteiger partial charge in [-0.3, -0.25) is 4.79 Å². The van der Waals surface area contributed by atoms with Crippen molar-refractivity contribution in [3.63, 3.8) is 0 Å². The van der Waals surface area contributed by atoms with Crippen molar-refractivity contribution in [3.8, 4) is 0 Å². The zero-order valence-electron chi connectivity index (χ0n) is 9.72. The molecule has 0 bridgehead atoms. The van der Waals surface area contributed by atoms with E-state index in [1.165, 1.54) is 11.8 Å². The molecule has 0 aromatic heterocycles. The van der Waals surface area contributed by atoms with E-state index < -0.39 is 6.10 Å². The van der Waals surface area contributed by atoms with Crippen LogP contribution in [0.2, 0.25) is 0 Å². The highest BCUT2D eigenvalue weighted by molar-refractivity contribution is 8.13. The number of thioether (sulfide) groups is 1. The minimum absolute atomic E-state index is 0.0344. The number of aliphatic hydroxyl groups excluding tert-OH is 1. The Bertz CT molecular complexity index is 324. The quantitative estimate of drug-likeness (QED) is 0.801. The van der Waals surface area contributed by atoms with Gasteiger partial charge in [-0.1, -0.05) is 50.2 Å². The van der Waals surface area contributed by atoms with E-state index in [9.17, 15) is 9.90 Å². The Morgan fingerprint density at radius 2 is 2.00 bits per heavy atom. The topological polar surface area (TPSA) is 37.3 Å². The number of carbonyl (C=O) groups is 1. The summed E-state index contributed by atoms with van der Waals surface area (Å²) in [4.78, 5) is 12.8. The van der Waals surface area contributed by atoms with Crippen LogP contribution in [-0.4, -0.2) is 16.3 Å². The highest BCUT2D eigenvalue weighted by Gasteiger charge is 2.21. The van der Waals surface area contributed by atoms with Gasteiger partial charge in [-0.25, -0.2) is 0 Å². The van der Waals surface area contributed by atoms with E-state index in [0.717, 1.165) is 11.3 Å². The fraction of sp³-hybridized carbons (Fsp3) is 0.462. The van der Waals surface area contributed by atoms with Crippen molar-refractivity contribution >= 4 is 16.9 Å². The summed E-state index contributed by atoms with van der Waals surface area (Å²) in [5.41, 5.74) is 0. The highest BCUT2D eigenvalue weighted by atomic mass is 32.2. The van der Waals surface area contributed by atoms with Crippen LogP contribution in [0.15, 0.2) is 35.2 Å². The molecule has 1 aromatic carbocycles. The standard InChI is InChI=1S/C13H18O2S/c1-3-7-12(14)10(2)13(15)16-11-8-5-4-6-9-11/h4-6,8-10,12,14H,3,7H2,1-2H3/t10-,12-/m1/s1. The summed E-state index contributed by atoms with van der Waals surface area (Å²) in [6, 6.07) is 9.54. The summed E-state index contributed by atoms with van der Waals surface area (Å²) in [6.07, 6.45) is 1.06. The Hall–Kier alpha value is -0.800. The minimum atomic E-state index is -0.520. The molecule has 0 aliphatic heterocycles. The molecule has 0 radical (unpaired) electrons. The van der Waals surface area contributed by atoms with Gasteiger partial charge in [0.25, 0.3) is 0 Å². The first-order chi connectivity index (χ1) is 7.65. The van der Waals surface area contributed by atoms with Gasteiger partial charge in [0.1, 0.15) is 0 Å². The first kappa shape index (κ1) is 13.3. The first-order valence-electron chi connectivity index (χ1n) is 5.60. The SMILES string of the molecule is CCC[C@@H](O)[C@@H](C)C(=O)Sc1ccccc1.